The van der Waals surface area contributed by atoms with Crippen LogP contribution in [-0.4, -0.2) is 39.7 Å². The highest BCUT2D eigenvalue weighted by Crippen LogP contribution is 2.39. The maximum atomic E-state index is 12.0. The van der Waals surface area contributed by atoms with Crippen LogP contribution in [0.5, 0.6) is 0 Å². The van der Waals surface area contributed by atoms with E-state index >= 15 is 0 Å². The fourth-order valence-corrected chi connectivity index (χ4v) is 3.52. The van der Waals surface area contributed by atoms with Gasteiger partial charge in [-0.2, -0.15) is 0 Å². The van der Waals surface area contributed by atoms with E-state index in [0.29, 0.717) is 18.5 Å². The number of hydrogen-bond donors (Lipinski definition) is 3. The zero-order valence-corrected chi connectivity index (χ0v) is 16.0. The van der Waals surface area contributed by atoms with Crippen LogP contribution >= 0.6 is 7.75 Å². The van der Waals surface area contributed by atoms with Crippen molar-refractivity contribution in [3.8, 4) is 0 Å². The molecule has 2 rings (SSSR count). The molecule has 1 aliphatic heterocycles. The van der Waals surface area contributed by atoms with E-state index in [4.69, 9.17) is 14.8 Å². The van der Waals surface area contributed by atoms with Gasteiger partial charge in [-0.25, -0.2) is 14.4 Å². The number of rotatable bonds is 9. The van der Waals surface area contributed by atoms with Crippen LogP contribution in [-0.2, 0) is 13.8 Å². The van der Waals surface area contributed by atoms with Crippen molar-refractivity contribution in [1.82, 2.24) is 14.6 Å². The van der Waals surface area contributed by atoms with Gasteiger partial charge in [-0.05, 0) is 18.9 Å². The number of hydrogen-bond acceptors (Lipinski definition) is 6. The number of aromatic nitrogens is 2. The van der Waals surface area contributed by atoms with Crippen molar-refractivity contribution >= 4 is 7.75 Å². The lowest BCUT2D eigenvalue weighted by molar-refractivity contribution is -0.0243. The molecule has 0 aromatic carbocycles. The molecule has 0 aliphatic carbocycles. The van der Waals surface area contributed by atoms with Gasteiger partial charge in [-0.1, -0.05) is 18.5 Å². The molecule has 12 nitrogen and oxygen atoms in total. The van der Waals surface area contributed by atoms with Crippen LogP contribution in [0.25, 0.3) is 10.4 Å². The highest BCUT2D eigenvalue weighted by atomic mass is 31.2. The Morgan fingerprint density at radius 2 is 2.33 bits per heavy atom. The zero-order valence-electron chi connectivity index (χ0n) is 15.1. The second-order valence-corrected chi connectivity index (χ2v) is 7.81. The van der Waals surface area contributed by atoms with E-state index in [1.165, 1.54) is 10.8 Å². The Hall–Kier alpha value is -1.94. The van der Waals surface area contributed by atoms with E-state index in [1.54, 1.807) is 6.92 Å². The molecular formula is C14H23N6O6P. The second kappa shape index (κ2) is 9.32. The number of aryl methyl sites for hydroxylation is 1. The molecule has 1 unspecified atom stereocenters. The highest BCUT2D eigenvalue weighted by molar-refractivity contribution is 7.50. The van der Waals surface area contributed by atoms with E-state index in [-0.39, 0.29) is 13.0 Å². The normalized spacial score (nSPS) is 24.3. The summed E-state index contributed by atoms with van der Waals surface area (Å²) >= 11 is 0. The first kappa shape index (κ1) is 21.4. The Balaban J connectivity index is 2.10. The molecule has 27 heavy (non-hydrogen) atoms. The quantitative estimate of drug-likeness (QED) is 0.184. The molecule has 0 radical (unpaired) electrons. The molecule has 150 valence electrons. The largest absolute Gasteiger partial charge is 0.403 e. The Morgan fingerprint density at radius 1 is 1.59 bits per heavy atom. The summed E-state index contributed by atoms with van der Waals surface area (Å²) in [6, 6.07) is -0.699. The van der Waals surface area contributed by atoms with Crippen LogP contribution in [0.4, 0.5) is 0 Å². The molecule has 1 aliphatic rings. The third kappa shape index (κ3) is 5.77. The predicted molar refractivity (Wildman–Crippen MR) is 96.2 cm³/mol. The van der Waals surface area contributed by atoms with Gasteiger partial charge in [0.15, 0.2) is 0 Å². The smallest absolute Gasteiger partial charge is 0.352 e. The summed E-state index contributed by atoms with van der Waals surface area (Å²) in [5, 5.41) is 6.05. The molecule has 1 saturated heterocycles. The van der Waals surface area contributed by atoms with Crippen molar-refractivity contribution in [1.29, 1.82) is 0 Å². The number of H-pyrrole nitrogens is 1. The minimum atomic E-state index is -4.02. The van der Waals surface area contributed by atoms with Crippen LogP contribution in [0.15, 0.2) is 20.9 Å². The molecule has 0 saturated carbocycles. The number of ether oxygens (including phenoxy) is 1. The van der Waals surface area contributed by atoms with Crippen molar-refractivity contribution in [3.05, 3.63) is 43.0 Å². The summed E-state index contributed by atoms with van der Waals surface area (Å²) in [7, 11) is -4.02. The van der Waals surface area contributed by atoms with Gasteiger partial charge in [0.05, 0.1) is 18.8 Å². The molecule has 13 heteroatoms. The fourth-order valence-electron chi connectivity index (χ4n) is 2.64. The van der Waals surface area contributed by atoms with Crippen molar-refractivity contribution in [2.45, 2.75) is 51.5 Å². The average Bonchev–Trinajstić information content (AvgIpc) is 3.00. The number of nitrogens with one attached hydrogen (secondary N) is 2. The summed E-state index contributed by atoms with van der Waals surface area (Å²) in [4.78, 5) is 38.2. The first-order valence-corrected chi connectivity index (χ1v) is 10.1. The van der Waals surface area contributed by atoms with Gasteiger partial charge in [0.25, 0.3) is 5.56 Å². The Labute approximate surface area is 154 Å². The second-order valence-electron chi connectivity index (χ2n) is 6.19. The van der Waals surface area contributed by atoms with Gasteiger partial charge in [0.2, 0.25) is 0 Å². The number of nitrogens with zero attached hydrogens (tertiary/aromatic N) is 4. The SMILES string of the molecule is CCCCNP(=O)(O)OC[C@H]1O[C@@H](n2cc(C)c(=O)[nH]c2=O)C[C@@H]1N=[N+]=[N-]. The Morgan fingerprint density at radius 3 is 3.00 bits per heavy atom. The van der Waals surface area contributed by atoms with Gasteiger partial charge >= 0.3 is 13.4 Å². The van der Waals surface area contributed by atoms with Crippen LogP contribution in [0.2, 0.25) is 0 Å². The van der Waals surface area contributed by atoms with E-state index in [9.17, 15) is 19.0 Å². The van der Waals surface area contributed by atoms with Gasteiger partial charge in [-0.15, -0.1) is 0 Å². The molecule has 0 amide bonds. The van der Waals surface area contributed by atoms with Crippen LogP contribution in [0, 0.1) is 6.92 Å². The maximum absolute atomic E-state index is 12.0. The van der Waals surface area contributed by atoms with Crippen molar-refractivity contribution in [2.24, 2.45) is 5.11 Å². The van der Waals surface area contributed by atoms with E-state index in [0.717, 1.165) is 6.42 Å². The zero-order chi connectivity index (χ0) is 20.0. The van der Waals surface area contributed by atoms with Gasteiger partial charge in [0.1, 0.15) is 6.23 Å². The average molecular weight is 402 g/mol. The lowest BCUT2D eigenvalue weighted by Gasteiger charge is -2.19. The Bertz CT molecular complexity index is 862. The van der Waals surface area contributed by atoms with E-state index in [2.05, 4.69) is 20.1 Å². The Kier molecular flexibility index (Phi) is 7.37. The van der Waals surface area contributed by atoms with Crippen LogP contribution in [0.3, 0.4) is 0 Å². The number of azide groups is 1. The topological polar surface area (TPSA) is 171 Å². The van der Waals surface area contributed by atoms with Gasteiger partial charge in [0, 0.05) is 29.6 Å². The predicted octanol–water partition coefficient (Wildman–Crippen LogP) is 1.32. The first-order valence-electron chi connectivity index (χ1n) is 8.51. The van der Waals surface area contributed by atoms with Gasteiger partial charge in [-0.3, -0.25) is 18.9 Å². The summed E-state index contributed by atoms with van der Waals surface area (Å²) in [5.41, 5.74) is 7.89. The van der Waals surface area contributed by atoms with Crippen LogP contribution < -0.4 is 16.3 Å². The highest BCUT2D eigenvalue weighted by Gasteiger charge is 2.37. The van der Waals surface area contributed by atoms with E-state index < -0.39 is 37.4 Å². The molecule has 1 aromatic heterocycles. The maximum Gasteiger partial charge on any atom is 0.403 e. The monoisotopic (exact) mass is 402 g/mol. The third-order valence-corrected chi connectivity index (χ3v) is 5.24. The minimum absolute atomic E-state index is 0.155. The summed E-state index contributed by atoms with van der Waals surface area (Å²) < 4.78 is 23.9. The lowest BCUT2D eigenvalue weighted by Crippen LogP contribution is -2.33. The lowest BCUT2D eigenvalue weighted by atomic mass is 10.1. The summed E-state index contributed by atoms with van der Waals surface area (Å²) in [6.45, 7) is 3.51. The summed E-state index contributed by atoms with van der Waals surface area (Å²) in [5.74, 6) is 0. The number of unbranched alkanes of at least 4 members (excludes halogenated alkanes) is 1. The standard InChI is InChI=1S/C14H23N6O6P/c1-3-4-5-16-27(23,24)25-8-11-10(18-19-15)6-12(26-11)20-7-9(2)13(21)17-14(20)22/h7,10-12H,3-6,8H2,1-2H3,(H2,16,23,24)(H,17,21,22)/t10-,11+,12+/m0/s1. The molecule has 0 bridgehead atoms. The molecule has 1 aromatic rings. The molecule has 3 N–H and O–H groups in total. The van der Waals surface area contributed by atoms with Crippen LogP contribution in [0.1, 0.15) is 38.0 Å². The van der Waals surface area contributed by atoms with E-state index in [1.807, 2.05) is 6.92 Å². The van der Waals surface area contributed by atoms with Crippen molar-refractivity contribution in [3.63, 3.8) is 0 Å². The molecule has 1 fully saturated rings. The van der Waals surface area contributed by atoms with Gasteiger partial charge < -0.3 is 9.63 Å². The fraction of sp³-hybridized carbons (Fsp3) is 0.714. The first-order chi connectivity index (χ1) is 12.8. The van der Waals surface area contributed by atoms with Crippen molar-refractivity contribution in [2.75, 3.05) is 13.2 Å². The minimum Gasteiger partial charge on any atom is -0.352 e. The molecular weight excluding hydrogens is 379 g/mol. The van der Waals surface area contributed by atoms with Crippen molar-refractivity contribution < 1.29 is 18.7 Å². The number of aromatic amines is 1. The molecule has 0 spiro atoms. The molecule has 2 heterocycles. The summed E-state index contributed by atoms with van der Waals surface area (Å²) in [6.07, 6.45) is 1.45. The third-order valence-electron chi connectivity index (χ3n) is 4.12. The molecule has 4 atom stereocenters.